The minimum absolute atomic E-state index is 0.0514. The molecule has 0 radical (unpaired) electrons. The Labute approximate surface area is 187 Å². The van der Waals surface area contributed by atoms with E-state index in [-0.39, 0.29) is 28.9 Å². The summed E-state index contributed by atoms with van der Waals surface area (Å²) in [6, 6.07) is 7.51. The Morgan fingerprint density at radius 2 is 2.03 bits per heavy atom. The predicted molar refractivity (Wildman–Crippen MR) is 112 cm³/mol. The van der Waals surface area contributed by atoms with E-state index in [0.29, 0.717) is 12.5 Å². The van der Waals surface area contributed by atoms with Gasteiger partial charge < -0.3 is 21.1 Å². The van der Waals surface area contributed by atoms with Crippen LogP contribution in [-0.4, -0.2) is 36.1 Å². The first-order valence-electron chi connectivity index (χ1n) is 10.1. The highest BCUT2D eigenvalue weighted by Gasteiger charge is 2.56. The van der Waals surface area contributed by atoms with Crippen molar-refractivity contribution in [2.75, 3.05) is 18.0 Å². The fourth-order valence-electron chi connectivity index (χ4n) is 4.51. The molecule has 0 bridgehead atoms. The number of primary amides is 1. The zero-order valence-corrected chi connectivity index (χ0v) is 17.6. The van der Waals surface area contributed by atoms with Gasteiger partial charge in [0.1, 0.15) is 0 Å². The second-order valence-electron chi connectivity index (χ2n) is 8.01. The number of amides is 2. The normalized spacial score (nSPS) is 23.0. The molecule has 2 aromatic carbocycles. The number of benzene rings is 2. The van der Waals surface area contributed by atoms with Crippen molar-refractivity contribution in [3.63, 3.8) is 0 Å². The van der Waals surface area contributed by atoms with Gasteiger partial charge >= 0.3 is 6.18 Å². The van der Waals surface area contributed by atoms with Crippen molar-refractivity contribution in [3.05, 3.63) is 63.7 Å². The second kappa shape index (κ2) is 8.06. The van der Waals surface area contributed by atoms with E-state index in [1.165, 1.54) is 18.2 Å². The molecule has 2 heterocycles. The van der Waals surface area contributed by atoms with E-state index in [4.69, 9.17) is 17.3 Å². The standard InChI is InChI=1S/C22H21ClF3N3O3/c23-16-6-2-1-5-14(16)21(32)18-15(22(24,25)26)10-12(19(27)30)11-17(18)29(20(21)31)9-7-13-4-3-8-28-13/h1-2,5-6,10-11,13,28,32H,3-4,7-9H2,(H2,27,30). The lowest BCUT2D eigenvalue weighted by Gasteiger charge is -2.26. The van der Waals surface area contributed by atoms with Crippen molar-refractivity contribution >= 4 is 29.1 Å². The molecular formula is C22H21ClF3N3O3. The van der Waals surface area contributed by atoms with Gasteiger partial charge in [-0.3, -0.25) is 9.59 Å². The van der Waals surface area contributed by atoms with E-state index < -0.39 is 40.3 Å². The average Bonchev–Trinajstić information content (AvgIpc) is 3.32. The Hall–Kier alpha value is -2.62. The van der Waals surface area contributed by atoms with Gasteiger partial charge in [0, 0.05) is 34.3 Å². The van der Waals surface area contributed by atoms with Gasteiger partial charge in [-0.2, -0.15) is 13.2 Å². The highest BCUT2D eigenvalue weighted by atomic mass is 35.5. The maximum atomic E-state index is 14.1. The number of halogens is 4. The van der Waals surface area contributed by atoms with Crippen molar-refractivity contribution in [2.24, 2.45) is 5.73 Å². The number of hydrogen-bond donors (Lipinski definition) is 3. The van der Waals surface area contributed by atoms with Crippen LogP contribution in [-0.2, 0) is 16.6 Å². The summed E-state index contributed by atoms with van der Waals surface area (Å²) in [4.78, 5) is 26.4. The van der Waals surface area contributed by atoms with E-state index in [0.717, 1.165) is 30.4 Å². The van der Waals surface area contributed by atoms with Gasteiger partial charge in [-0.05, 0) is 44.0 Å². The number of carbonyl (C=O) groups excluding carboxylic acids is 2. The Kier molecular flexibility index (Phi) is 5.68. The third-order valence-electron chi connectivity index (χ3n) is 6.04. The summed E-state index contributed by atoms with van der Waals surface area (Å²) >= 11 is 6.21. The number of aliphatic hydroxyl groups is 1. The van der Waals surface area contributed by atoms with Gasteiger partial charge in [0.15, 0.2) is 5.60 Å². The molecule has 170 valence electrons. The number of nitrogens with one attached hydrogen (secondary N) is 1. The monoisotopic (exact) mass is 467 g/mol. The van der Waals surface area contributed by atoms with E-state index in [1.54, 1.807) is 6.07 Å². The predicted octanol–water partition coefficient (Wildman–Crippen LogP) is 3.18. The van der Waals surface area contributed by atoms with Crippen LogP contribution >= 0.6 is 11.6 Å². The van der Waals surface area contributed by atoms with Crippen molar-refractivity contribution in [2.45, 2.75) is 37.1 Å². The second-order valence-corrected chi connectivity index (χ2v) is 8.42. The molecule has 2 aliphatic heterocycles. The molecule has 1 fully saturated rings. The van der Waals surface area contributed by atoms with Crippen LogP contribution in [0.3, 0.4) is 0 Å². The average molecular weight is 468 g/mol. The van der Waals surface area contributed by atoms with Crippen LogP contribution in [0.4, 0.5) is 18.9 Å². The van der Waals surface area contributed by atoms with Gasteiger partial charge in [0.25, 0.3) is 5.91 Å². The maximum absolute atomic E-state index is 14.1. The molecule has 0 saturated carbocycles. The lowest BCUT2D eigenvalue weighted by molar-refractivity contribution is -0.142. The molecule has 2 unspecified atom stereocenters. The highest BCUT2D eigenvalue weighted by Crippen LogP contribution is 2.51. The summed E-state index contributed by atoms with van der Waals surface area (Å²) in [5.74, 6) is -2.03. The molecule has 0 aromatic heterocycles. The Morgan fingerprint density at radius 1 is 1.31 bits per heavy atom. The van der Waals surface area contributed by atoms with Crippen LogP contribution in [0.5, 0.6) is 0 Å². The van der Waals surface area contributed by atoms with Crippen LogP contribution < -0.4 is 16.0 Å². The van der Waals surface area contributed by atoms with Gasteiger partial charge in [-0.25, -0.2) is 0 Å². The summed E-state index contributed by atoms with van der Waals surface area (Å²) in [7, 11) is 0. The first kappa shape index (κ1) is 22.6. The summed E-state index contributed by atoms with van der Waals surface area (Å²) in [5, 5.41) is 14.8. The zero-order chi connectivity index (χ0) is 23.3. The van der Waals surface area contributed by atoms with Gasteiger partial charge in [-0.1, -0.05) is 29.8 Å². The number of nitrogens with zero attached hydrogens (tertiary/aromatic N) is 1. The summed E-state index contributed by atoms with van der Waals surface area (Å²) in [6.45, 7) is 0.874. The minimum atomic E-state index is -4.96. The molecule has 4 N–H and O–H groups in total. The molecule has 2 atom stereocenters. The topological polar surface area (TPSA) is 95.7 Å². The molecule has 2 aliphatic rings. The smallest absolute Gasteiger partial charge is 0.372 e. The van der Waals surface area contributed by atoms with Crippen molar-refractivity contribution in [3.8, 4) is 0 Å². The van der Waals surface area contributed by atoms with Gasteiger partial charge in [-0.15, -0.1) is 0 Å². The third-order valence-corrected chi connectivity index (χ3v) is 6.37. The first-order valence-corrected chi connectivity index (χ1v) is 10.5. The number of anilines is 1. The van der Waals surface area contributed by atoms with Crippen LogP contribution in [0.25, 0.3) is 0 Å². The SMILES string of the molecule is NC(=O)c1cc2c(c(C(F)(F)F)c1)C(O)(c1ccccc1Cl)C(=O)N2CCC1CCCN1. The van der Waals surface area contributed by atoms with Crippen LogP contribution in [0.15, 0.2) is 36.4 Å². The maximum Gasteiger partial charge on any atom is 0.416 e. The number of fused-ring (bicyclic) bond motifs is 1. The van der Waals surface area contributed by atoms with E-state index in [2.05, 4.69) is 5.32 Å². The molecule has 4 rings (SSSR count). The Morgan fingerprint density at radius 3 is 2.62 bits per heavy atom. The van der Waals surface area contributed by atoms with Crippen molar-refractivity contribution in [1.82, 2.24) is 5.32 Å². The third kappa shape index (κ3) is 3.64. The molecule has 2 aromatic rings. The quantitative estimate of drug-likeness (QED) is 0.629. The number of nitrogens with two attached hydrogens (primary N) is 1. The summed E-state index contributed by atoms with van der Waals surface area (Å²) in [5.41, 5.74) is -0.108. The molecule has 0 spiro atoms. The van der Waals surface area contributed by atoms with Crippen molar-refractivity contribution < 1.29 is 27.9 Å². The fourth-order valence-corrected chi connectivity index (χ4v) is 4.78. The first-order chi connectivity index (χ1) is 15.0. The number of carbonyl (C=O) groups is 2. The van der Waals surface area contributed by atoms with Crippen LogP contribution in [0.2, 0.25) is 5.02 Å². The number of rotatable bonds is 5. The van der Waals surface area contributed by atoms with E-state index in [1.807, 2.05) is 0 Å². The van der Waals surface area contributed by atoms with Gasteiger partial charge in [0.05, 0.1) is 11.3 Å². The molecule has 1 saturated heterocycles. The molecular weight excluding hydrogens is 447 g/mol. The number of hydrogen-bond acceptors (Lipinski definition) is 4. The summed E-state index contributed by atoms with van der Waals surface area (Å²) in [6.07, 6.45) is -2.67. The van der Waals surface area contributed by atoms with Crippen LogP contribution in [0.1, 0.15) is 46.3 Å². The molecule has 2 amide bonds. The Balaban J connectivity index is 1.94. The zero-order valence-electron chi connectivity index (χ0n) is 16.9. The van der Waals surface area contributed by atoms with Gasteiger partial charge in [0.2, 0.25) is 5.91 Å². The van der Waals surface area contributed by atoms with Crippen LogP contribution in [0, 0.1) is 0 Å². The molecule has 0 aliphatic carbocycles. The van der Waals surface area contributed by atoms with E-state index in [9.17, 15) is 27.9 Å². The largest absolute Gasteiger partial charge is 0.416 e. The van der Waals surface area contributed by atoms with Crippen molar-refractivity contribution in [1.29, 1.82) is 0 Å². The lowest BCUT2D eigenvalue weighted by Crippen LogP contribution is -2.43. The fraction of sp³-hybridized carbons (Fsp3) is 0.364. The summed E-state index contributed by atoms with van der Waals surface area (Å²) < 4.78 is 42.3. The molecule has 6 nitrogen and oxygen atoms in total. The minimum Gasteiger partial charge on any atom is -0.372 e. The highest BCUT2D eigenvalue weighted by molar-refractivity contribution is 6.32. The van der Waals surface area contributed by atoms with E-state index >= 15 is 0 Å². The lowest BCUT2D eigenvalue weighted by atomic mass is 9.83. The Bertz CT molecular complexity index is 1090. The molecule has 32 heavy (non-hydrogen) atoms. The molecule has 10 heteroatoms. The number of alkyl halides is 3.